The summed E-state index contributed by atoms with van der Waals surface area (Å²) in [6, 6.07) is 7.26. The number of carbonyl (C=O) groups excluding carboxylic acids is 1. The fourth-order valence-electron chi connectivity index (χ4n) is 3.85. The average molecular weight is 706 g/mol. The first kappa shape index (κ1) is 44.9. The molecule has 0 aliphatic carbocycles. The van der Waals surface area contributed by atoms with Crippen LogP contribution in [0.2, 0.25) is 0 Å². The van der Waals surface area contributed by atoms with Gasteiger partial charge in [-0.2, -0.15) is 0 Å². The first-order valence-electron chi connectivity index (χ1n) is 17.6. The first-order chi connectivity index (χ1) is 24.2. The molecule has 49 heavy (non-hydrogen) atoms. The molecule has 1 aromatic carbocycles. The van der Waals surface area contributed by atoms with Crippen LogP contribution in [0.1, 0.15) is 39.0 Å². The number of benzene rings is 1. The monoisotopic (exact) mass is 705 g/mol. The number of anilines is 1. The molecule has 0 radical (unpaired) electrons. The summed E-state index contributed by atoms with van der Waals surface area (Å²) in [5.41, 5.74) is 6.35. The Bertz CT molecular complexity index is 819. The predicted octanol–water partition coefficient (Wildman–Crippen LogP) is 3.33. The first-order valence-corrected chi connectivity index (χ1v) is 17.6. The Hall–Kier alpha value is -2.11. The van der Waals surface area contributed by atoms with Gasteiger partial charge in [0.15, 0.2) is 0 Å². The summed E-state index contributed by atoms with van der Waals surface area (Å²) in [5.74, 6) is 0.615. The standard InChI is InChI=1S/C35H63NO13/c1-2-3-4-5-6-35(37)49-32-30-47-28-26-45-24-22-43-20-18-41-16-14-39-12-11-38-13-15-40-17-19-42-21-23-44-25-27-46-29-31-48-34-9-7-33(36)8-10-34/h7-10H,2-6,11-32,36H2,1H3. The SMILES string of the molecule is CCCCCCC(=O)OCCOCCOCCOCCOCCOCCOCCOCCOCCOCCOCCOc1ccc(N)cc1. The molecular formula is C35H63NO13. The summed E-state index contributed by atoms with van der Waals surface area (Å²) >= 11 is 0. The number of hydrogen-bond acceptors (Lipinski definition) is 14. The van der Waals surface area contributed by atoms with Gasteiger partial charge in [-0.1, -0.05) is 26.2 Å². The minimum absolute atomic E-state index is 0.154. The minimum Gasteiger partial charge on any atom is -0.491 e. The zero-order valence-electron chi connectivity index (χ0n) is 29.8. The van der Waals surface area contributed by atoms with E-state index in [2.05, 4.69) is 6.92 Å². The van der Waals surface area contributed by atoms with Gasteiger partial charge in [0.05, 0.1) is 132 Å². The highest BCUT2D eigenvalue weighted by molar-refractivity contribution is 5.69. The molecular weight excluding hydrogens is 642 g/mol. The van der Waals surface area contributed by atoms with E-state index in [0.29, 0.717) is 151 Å². The maximum absolute atomic E-state index is 11.5. The number of nitrogen functional groups attached to an aromatic ring is 1. The van der Waals surface area contributed by atoms with Crippen molar-refractivity contribution >= 4 is 11.7 Å². The lowest BCUT2D eigenvalue weighted by atomic mass is 10.2. The van der Waals surface area contributed by atoms with E-state index >= 15 is 0 Å². The van der Waals surface area contributed by atoms with Crippen LogP contribution in [0.4, 0.5) is 5.69 Å². The van der Waals surface area contributed by atoms with Crippen LogP contribution >= 0.6 is 0 Å². The highest BCUT2D eigenvalue weighted by Gasteiger charge is 2.02. The number of rotatable bonds is 39. The van der Waals surface area contributed by atoms with Gasteiger partial charge in [-0.05, 0) is 30.7 Å². The third-order valence-electron chi connectivity index (χ3n) is 6.45. The largest absolute Gasteiger partial charge is 0.491 e. The van der Waals surface area contributed by atoms with Gasteiger partial charge in [-0.25, -0.2) is 0 Å². The lowest BCUT2D eigenvalue weighted by molar-refractivity contribution is -0.145. The summed E-state index contributed by atoms with van der Waals surface area (Å²) in [4.78, 5) is 11.5. The second-order valence-electron chi connectivity index (χ2n) is 10.6. The smallest absolute Gasteiger partial charge is 0.305 e. The van der Waals surface area contributed by atoms with Crippen molar-refractivity contribution in [1.82, 2.24) is 0 Å². The van der Waals surface area contributed by atoms with Crippen LogP contribution < -0.4 is 10.5 Å². The molecule has 0 saturated heterocycles. The van der Waals surface area contributed by atoms with Gasteiger partial charge >= 0.3 is 5.97 Å². The molecule has 1 rings (SSSR count). The van der Waals surface area contributed by atoms with E-state index < -0.39 is 0 Å². The number of carbonyl (C=O) groups is 1. The van der Waals surface area contributed by atoms with E-state index in [1.165, 1.54) is 0 Å². The van der Waals surface area contributed by atoms with Crippen molar-refractivity contribution in [3.05, 3.63) is 24.3 Å². The second-order valence-corrected chi connectivity index (χ2v) is 10.6. The Morgan fingerprint density at radius 2 is 0.776 bits per heavy atom. The second kappa shape index (κ2) is 37.2. The fraction of sp³-hybridized carbons (Fsp3) is 0.800. The third-order valence-corrected chi connectivity index (χ3v) is 6.45. The Balaban J connectivity index is 1.63. The molecule has 14 heteroatoms. The zero-order valence-corrected chi connectivity index (χ0v) is 29.8. The van der Waals surface area contributed by atoms with Crippen LogP contribution in [0.5, 0.6) is 5.75 Å². The highest BCUT2D eigenvalue weighted by Crippen LogP contribution is 2.12. The Labute approximate surface area is 293 Å². The van der Waals surface area contributed by atoms with Crippen LogP contribution in [0.15, 0.2) is 24.3 Å². The van der Waals surface area contributed by atoms with E-state index in [4.69, 9.17) is 62.6 Å². The van der Waals surface area contributed by atoms with E-state index in [1.54, 1.807) is 12.1 Å². The molecule has 0 amide bonds. The molecule has 2 N–H and O–H groups in total. The van der Waals surface area contributed by atoms with Crippen LogP contribution in [0.25, 0.3) is 0 Å². The maximum Gasteiger partial charge on any atom is 0.305 e. The molecule has 0 heterocycles. The van der Waals surface area contributed by atoms with E-state index in [9.17, 15) is 4.79 Å². The molecule has 1 aromatic rings. The third kappa shape index (κ3) is 34.1. The lowest BCUT2D eigenvalue weighted by Gasteiger charge is -2.09. The molecule has 0 spiro atoms. The minimum atomic E-state index is -0.154. The van der Waals surface area contributed by atoms with Crippen molar-refractivity contribution in [3.8, 4) is 5.75 Å². The van der Waals surface area contributed by atoms with Crippen LogP contribution in [0.3, 0.4) is 0 Å². The van der Waals surface area contributed by atoms with Crippen molar-refractivity contribution in [1.29, 1.82) is 0 Å². The van der Waals surface area contributed by atoms with Crippen LogP contribution in [0, 0.1) is 0 Å². The summed E-state index contributed by atoms with van der Waals surface area (Å²) in [7, 11) is 0. The van der Waals surface area contributed by atoms with Gasteiger partial charge in [0.1, 0.15) is 19.0 Å². The molecule has 286 valence electrons. The van der Waals surface area contributed by atoms with Crippen molar-refractivity contribution in [2.24, 2.45) is 0 Å². The number of ether oxygens (including phenoxy) is 12. The van der Waals surface area contributed by atoms with Crippen molar-refractivity contribution in [2.45, 2.75) is 39.0 Å². The molecule has 0 bridgehead atoms. The lowest BCUT2D eigenvalue weighted by Crippen LogP contribution is -2.15. The summed E-state index contributed by atoms with van der Waals surface area (Å²) < 4.78 is 65.3. The van der Waals surface area contributed by atoms with Crippen LogP contribution in [-0.4, -0.2) is 151 Å². The number of unbranched alkanes of at least 4 members (excludes halogenated alkanes) is 3. The summed E-state index contributed by atoms with van der Waals surface area (Å²) in [6.07, 6.45) is 4.75. The van der Waals surface area contributed by atoms with E-state index in [1.807, 2.05) is 12.1 Å². The predicted molar refractivity (Wildman–Crippen MR) is 184 cm³/mol. The Kier molecular flexibility index (Phi) is 34.1. The topological polar surface area (TPSA) is 154 Å². The molecule has 0 aromatic heterocycles. The Morgan fingerprint density at radius 1 is 0.449 bits per heavy atom. The molecule has 0 unspecified atom stereocenters. The molecule has 0 aliphatic heterocycles. The number of nitrogens with two attached hydrogens (primary N) is 1. The maximum atomic E-state index is 11.5. The van der Waals surface area contributed by atoms with Crippen molar-refractivity contribution in [3.63, 3.8) is 0 Å². The molecule has 14 nitrogen and oxygen atoms in total. The molecule has 0 aliphatic rings. The molecule has 0 saturated carbocycles. The Morgan fingerprint density at radius 3 is 1.12 bits per heavy atom. The summed E-state index contributed by atoms with van der Waals surface area (Å²) in [5, 5.41) is 0. The van der Waals surface area contributed by atoms with Gasteiger partial charge in [0.25, 0.3) is 0 Å². The molecule has 0 atom stereocenters. The van der Waals surface area contributed by atoms with Gasteiger partial charge in [-0.15, -0.1) is 0 Å². The molecule has 0 fully saturated rings. The normalized spacial score (nSPS) is 11.3. The highest BCUT2D eigenvalue weighted by atomic mass is 16.6. The van der Waals surface area contributed by atoms with Gasteiger partial charge in [0, 0.05) is 12.1 Å². The zero-order chi connectivity index (χ0) is 35.1. The van der Waals surface area contributed by atoms with E-state index in [0.717, 1.165) is 31.4 Å². The van der Waals surface area contributed by atoms with Gasteiger partial charge < -0.3 is 62.6 Å². The average Bonchev–Trinajstić information content (AvgIpc) is 3.11. The fourth-order valence-corrected chi connectivity index (χ4v) is 3.85. The van der Waals surface area contributed by atoms with Crippen molar-refractivity contribution < 1.29 is 61.6 Å². The number of hydrogen-bond donors (Lipinski definition) is 1. The van der Waals surface area contributed by atoms with Gasteiger partial charge in [0.2, 0.25) is 0 Å². The number of esters is 1. The van der Waals surface area contributed by atoms with Crippen molar-refractivity contribution in [2.75, 3.05) is 151 Å². The van der Waals surface area contributed by atoms with Crippen LogP contribution in [-0.2, 0) is 56.9 Å². The quantitative estimate of drug-likeness (QED) is 0.0605. The van der Waals surface area contributed by atoms with E-state index in [-0.39, 0.29) is 12.6 Å². The summed E-state index contributed by atoms with van der Waals surface area (Å²) in [6.45, 7) is 12.6. The van der Waals surface area contributed by atoms with Gasteiger partial charge in [-0.3, -0.25) is 4.79 Å².